The third-order valence-corrected chi connectivity index (χ3v) is 5.54. The van der Waals surface area contributed by atoms with Crippen LogP contribution in [0.25, 0.3) is 0 Å². The number of nitrogens with one attached hydrogen (secondary N) is 1. The minimum absolute atomic E-state index is 0.129. The van der Waals surface area contributed by atoms with E-state index < -0.39 is 0 Å². The summed E-state index contributed by atoms with van der Waals surface area (Å²) < 4.78 is 11.6. The predicted octanol–water partition coefficient (Wildman–Crippen LogP) is 5.95. The Morgan fingerprint density at radius 2 is 1.88 bits per heavy atom. The Bertz CT molecular complexity index is 1040. The van der Waals surface area contributed by atoms with Crippen molar-refractivity contribution in [2.45, 2.75) is 24.8 Å². The smallest absolute Gasteiger partial charge is 0.240 e. The molecular weight excluding hydrogens is 444 g/mol. The number of thioether (sulfide) groups is 1. The maximum absolute atomic E-state index is 12.0. The zero-order valence-corrected chi connectivity index (χ0v) is 19.4. The molecule has 1 amide bonds. The fourth-order valence-electron chi connectivity index (χ4n) is 2.79. The third-order valence-electron chi connectivity index (χ3n) is 4.29. The number of carbonyl (C=O) groups is 1. The first-order valence-electron chi connectivity index (χ1n) is 10.3. The standard InChI is InChI=1S/C25H25ClN2O3S/c1-2-30-24-16-19(11-12-23(24)31-18-20-7-6-8-21(26)15-20)17-27-28-25(29)13-14-32-22-9-4-3-5-10-22/h3-12,15-17H,2,13-14,18H2,1H3,(H,28,29)/b27-17-. The molecule has 32 heavy (non-hydrogen) atoms. The highest BCUT2D eigenvalue weighted by molar-refractivity contribution is 7.99. The van der Waals surface area contributed by atoms with Crippen LogP contribution in [0.4, 0.5) is 0 Å². The van der Waals surface area contributed by atoms with Gasteiger partial charge in [0.05, 0.1) is 12.8 Å². The molecule has 166 valence electrons. The van der Waals surface area contributed by atoms with Crippen molar-refractivity contribution in [2.24, 2.45) is 5.10 Å². The van der Waals surface area contributed by atoms with Crippen LogP contribution in [-0.2, 0) is 11.4 Å². The van der Waals surface area contributed by atoms with Crippen LogP contribution in [0, 0.1) is 0 Å². The van der Waals surface area contributed by atoms with E-state index in [2.05, 4.69) is 10.5 Å². The van der Waals surface area contributed by atoms with Crippen molar-refractivity contribution in [2.75, 3.05) is 12.4 Å². The van der Waals surface area contributed by atoms with Gasteiger partial charge in [-0.3, -0.25) is 4.79 Å². The first-order valence-corrected chi connectivity index (χ1v) is 11.6. The summed E-state index contributed by atoms with van der Waals surface area (Å²) in [6.07, 6.45) is 1.98. The maximum Gasteiger partial charge on any atom is 0.240 e. The first kappa shape index (κ1) is 23.7. The fourth-order valence-corrected chi connectivity index (χ4v) is 3.88. The Kier molecular flexibility index (Phi) is 9.47. The number of nitrogens with zero attached hydrogens (tertiary/aromatic N) is 1. The van der Waals surface area contributed by atoms with Crippen LogP contribution in [0.3, 0.4) is 0 Å². The second-order valence-corrected chi connectivity index (χ2v) is 8.37. The number of halogens is 1. The van der Waals surface area contributed by atoms with Gasteiger partial charge in [-0.1, -0.05) is 41.9 Å². The number of hydrazone groups is 1. The lowest BCUT2D eigenvalue weighted by Crippen LogP contribution is -2.17. The van der Waals surface area contributed by atoms with Gasteiger partial charge >= 0.3 is 0 Å². The highest BCUT2D eigenvalue weighted by Crippen LogP contribution is 2.29. The van der Waals surface area contributed by atoms with Crippen molar-refractivity contribution in [3.8, 4) is 11.5 Å². The summed E-state index contributed by atoms with van der Waals surface area (Å²) in [5.74, 6) is 1.81. The monoisotopic (exact) mass is 468 g/mol. The van der Waals surface area contributed by atoms with Gasteiger partial charge < -0.3 is 9.47 Å². The number of benzene rings is 3. The normalized spacial score (nSPS) is 10.8. The van der Waals surface area contributed by atoms with E-state index in [0.717, 1.165) is 16.0 Å². The minimum Gasteiger partial charge on any atom is -0.490 e. The van der Waals surface area contributed by atoms with E-state index in [9.17, 15) is 4.79 Å². The molecule has 0 spiro atoms. The summed E-state index contributed by atoms with van der Waals surface area (Å²) in [6, 6.07) is 23.0. The SMILES string of the molecule is CCOc1cc(/C=N\NC(=O)CCSc2ccccc2)ccc1OCc1cccc(Cl)c1. The second-order valence-electron chi connectivity index (χ2n) is 6.76. The van der Waals surface area contributed by atoms with Crippen molar-refractivity contribution in [1.29, 1.82) is 0 Å². The second kappa shape index (κ2) is 12.8. The molecular formula is C25H25ClN2O3S. The predicted molar refractivity (Wildman–Crippen MR) is 131 cm³/mol. The molecule has 1 N–H and O–H groups in total. The van der Waals surface area contributed by atoms with Crippen LogP contribution in [0.15, 0.2) is 82.8 Å². The molecule has 0 bridgehead atoms. The highest BCUT2D eigenvalue weighted by atomic mass is 35.5. The molecule has 0 heterocycles. The molecule has 0 aliphatic rings. The van der Waals surface area contributed by atoms with E-state index in [0.29, 0.717) is 41.9 Å². The molecule has 0 unspecified atom stereocenters. The molecule has 3 aromatic carbocycles. The molecule has 0 saturated heterocycles. The van der Waals surface area contributed by atoms with Gasteiger partial charge in [-0.15, -0.1) is 11.8 Å². The van der Waals surface area contributed by atoms with Gasteiger partial charge in [0.1, 0.15) is 6.61 Å². The quantitative estimate of drug-likeness (QED) is 0.214. The van der Waals surface area contributed by atoms with Crippen molar-refractivity contribution in [1.82, 2.24) is 5.43 Å². The van der Waals surface area contributed by atoms with E-state index in [1.807, 2.05) is 79.7 Å². The Balaban J connectivity index is 1.51. The number of ether oxygens (including phenoxy) is 2. The van der Waals surface area contributed by atoms with Crippen molar-refractivity contribution >= 4 is 35.5 Å². The van der Waals surface area contributed by atoms with Gasteiger partial charge in [0, 0.05) is 22.1 Å². The zero-order chi connectivity index (χ0) is 22.6. The van der Waals surface area contributed by atoms with Gasteiger partial charge in [-0.05, 0) is 60.5 Å². The van der Waals surface area contributed by atoms with E-state index in [1.165, 1.54) is 0 Å². The topological polar surface area (TPSA) is 59.9 Å². The number of amides is 1. The lowest BCUT2D eigenvalue weighted by Gasteiger charge is -2.12. The third kappa shape index (κ3) is 7.94. The Morgan fingerprint density at radius 1 is 1.03 bits per heavy atom. The first-order chi connectivity index (χ1) is 15.6. The zero-order valence-electron chi connectivity index (χ0n) is 17.8. The van der Waals surface area contributed by atoms with Gasteiger partial charge in [0.15, 0.2) is 11.5 Å². The summed E-state index contributed by atoms with van der Waals surface area (Å²) in [5, 5.41) is 4.73. The molecule has 0 aliphatic carbocycles. The molecule has 0 atom stereocenters. The number of hydrogen-bond donors (Lipinski definition) is 1. The van der Waals surface area contributed by atoms with Crippen LogP contribution in [0.2, 0.25) is 5.02 Å². The summed E-state index contributed by atoms with van der Waals surface area (Å²) in [4.78, 5) is 13.1. The maximum atomic E-state index is 12.0. The van der Waals surface area contributed by atoms with Crippen LogP contribution in [0.1, 0.15) is 24.5 Å². The summed E-state index contributed by atoms with van der Waals surface area (Å²) in [6.45, 7) is 2.80. The van der Waals surface area contributed by atoms with Crippen molar-refractivity contribution in [3.05, 3.63) is 88.9 Å². The van der Waals surface area contributed by atoms with E-state index in [-0.39, 0.29) is 5.91 Å². The molecule has 0 aliphatic heterocycles. The van der Waals surface area contributed by atoms with E-state index in [4.69, 9.17) is 21.1 Å². The van der Waals surface area contributed by atoms with Crippen LogP contribution >= 0.6 is 23.4 Å². The Hall–Kier alpha value is -2.96. The molecule has 0 fully saturated rings. The van der Waals surface area contributed by atoms with Crippen LogP contribution in [-0.4, -0.2) is 24.5 Å². The Labute approximate surface area is 197 Å². The highest BCUT2D eigenvalue weighted by Gasteiger charge is 2.07. The summed E-state index contributed by atoms with van der Waals surface area (Å²) >= 11 is 7.67. The average molecular weight is 469 g/mol. The summed E-state index contributed by atoms with van der Waals surface area (Å²) in [5.41, 5.74) is 4.33. The van der Waals surface area contributed by atoms with Crippen molar-refractivity contribution < 1.29 is 14.3 Å². The lowest BCUT2D eigenvalue weighted by molar-refractivity contribution is -0.120. The van der Waals surface area contributed by atoms with Crippen molar-refractivity contribution in [3.63, 3.8) is 0 Å². The van der Waals surface area contributed by atoms with Crippen LogP contribution in [0.5, 0.6) is 11.5 Å². The molecule has 3 rings (SSSR count). The van der Waals surface area contributed by atoms with Crippen LogP contribution < -0.4 is 14.9 Å². The lowest BCUT2D eigenvalue weighted by atomic mass is 10.2. The van der Waals surface area contributed by atoms with Gasteiger partial charge in [0.2, 0.25) is 5.91 Å². The van der Waals surface area contributed by atoms with Gasteiger partial charge in [0.25, 0.3) is 0 Å². The van der Waals surface area contributed by atoms with Gasteiger partial charge in [-0.25, -0.2) is 5.43 Å². The molecule has 7 heteroatoms. The number of rotatable bonds is 11. The number of hydrogen-bond acceptors (Lipinski definition) is 5. The van der Waals surface area contributed by atoms with Gasteiger partial charge in [-0.2, -0.15) is 5.10 Å². The molecule has 0 saturated carbocycles. The van der Waals surface area contributed by atoms with E-state index in [1.54, 1.807) is 18.0 Å². The summed E-state index contributed by atoms with van der Waals surface area (Å²) in [7, 11) is 0. The van der Waals surface area contributed by atoms with E-state index >= 15 is 0 Å². The molecule has 3 aromatic rings. The average Bonchev–Trinajstić information content (AvgIpc) is 2.79. The molecule has 0 aromatic heterocycles. The minimum atomic E-state index is -0.129. The number of carbonyl (C=O) groups excluding carboxylic acids is 1. The Morgan fingerprint density at radius 3 is 2.66 bits per heavy atom. The largest absolute Gasteiger partial charge is 0.490 e. The molecule has 5 nitrogen and oxygen atoms in total. The fraction of sp³-hybridized carbons (Fsp3) is 0.200. The molecule has 0 radical (unpaired) electrons.